The fourth-order valence-corrected chi connectivity index (χ4v) is 1.26. The van der Waals surface area contributed by atoms with Gasteiger partial charge in [0.1, 0.15) is 5.69 Å². The molecule has 17 heavy (non-hydrogen) atoms. The van der Waals surface area contributed by atoms with E-state index in [0.717, 1.165) is 5.69 Å². The highest BCUT2D eigenvalue weighted by Gasteiger charge is 2.06. The van der Waals surface area contributed by atoms with Gasteiger partial charge in [-0.1, -0.05) is 0 Å². The number of nitrogens with one attached hydrogen (secondary N) is 2. The summed E-state index contributed by atoms with van der Waals surface area (Å²) in [7, 11) is 1.80. The molecule has 0 saturated heterocycles. The molecule has 5 heteroatoms. The third-order valence-corrected chi connectivity index (χ3v) is 2.12. The van der Waals surface area contributed by atoms with Crippen LogP contribution in [0.3, 0.4) is 0 Å². The lowest BCUT2D eigenvalue weighted by Gasteiger charge is -2.08. The number of nitrogens with zero attached hydrogens (tertiary/aromatic N) is 1. The van der Waals surface area contributed by atoms with Crippen LogP contribution in [0.2, 0.25) is 0 Å². The van der Waals surface area contributed by atoms with E-state index in [-0.39, 0.29) is 12.0 Å². The summed E-state index contributed by atoms with van der Waals surface area (Å²) in [6.07, 6.45) is 1.78. The number of ether oxygens (including phenoxy) is 1. The summed E-state index contributed by atoms with van der Waals surface area (Å²) in [5.74, 6) is -0.186. The Balaban J connectivity index is 2.41. The van der Waals surface area contributed by atoms with E-state index in [0.29, 0.717) is 18.8 Å². The molecule has 0 saturated carbocycles. The molecule has 0 fully saturated rings. The van der Waals surface area contributed by atoms with Crippen molar-refractivity contribution < 1.29 is 9.53 Å². The molecule has 2 N–H and O–H groups in total. The second-order valence-corrected chi connectivity index (χ2v) is 3.86. The first-order chi connectivity index (χ1) is 8.13. The highest BCUT2D eigenvalue weighted by Crippen LogP contribution is 2.06. The molecule has 0 aliphatic carbocycles. The summed E-state index contributed by atoms with van der Waals surface area (Å²) >= 11 is 0. The molecule has 0 aromatic carbocycles. The molecule has 1 amide bonds. The zero-order chi connectivity index (χ0) is 12.7. The van der Waals surface area contributed by atoms with Crippen LogP contribution >= 0.6 is 0 Å². The Morgan fingerprint density at radius 3 is 2.94 bits per heavy atom. The third-order valence-electron chi connectivity index (χ3n) is 2.12. The zero-order valence-electron chi connectivity index (χ0n) is 10.5. The molecule has 0 spiro atoms. The maximum atomic E-state index is 11.7. The van der Waals surface area contributed by atoms with Crippen molar-refractivity contribution in [3.8, 4) is 0 Å². The summed E-state index contributed by atoms with van der Waals surface area (Å²) in [4.78, 5) is 15.7. The van der Waals surface area contributed by atoms with Crippen LogP contribution in [0.1, 0.15) is 24.3 Å². The number of anilines is 1. The van der Waals surface area contributed by atoms with E-state index in [2.05, 4.69) is 15.6 Å². The molecular formula is C12H19N3O2. The van der Waals surface area contributed by atoms with Crippen molar-refractivity contribution in [3.63, 3.8) is 0 Å². The molecule has 0 radical (unpaired) electrons. The largest absolute Gasteiger partial charge is 0.388 e. The molecule has 1 aromatic rings. The lowest BCUT2D eigenvalue weighted by atomic mass is 10.3. The van der Waals surface area contributed by atoms with Gasteiger partial charge in [-0.3, -0.25) is 9.78 Å². The number of pyridine rings is 1. The number of aromatic nitrogens is 1. The Kier molecular flexibility index (Phi) is 5.42. The first-order valence-corrected chi connectivity index (χ1v) is 5.67. The molecule has 5 nitrogen and oxygen atoms in total. The van der Waals surface area contributed by atoms with Crippen molar-refractivity contribution in [2.75, 3.05) is 25.5 Å². The number of amides is 1. The first-order valence-electron chi connectivity index (χ1n) is 5.67. The van der Waals surface area contributed by atoms with Crippen LogP contribution < -0.4 is 10.6 Å². The van der Waals surface area contributed by atoms with E-state index in [4.69, 9.17) is 4.74 Å². The van der Waals surface area contributed by atoms with Gasteiger partial charge in [-0.25, -0.2) is 0 Å². The smallest absolute Gasteiger partial charge is 0.270 e. The van der Waals surface area contributed by atoms with Crippen LogP contribution in [0.15, 0.2) is 18.3 Å². The lowest BCUT2D eigenvalue weighted by molar-refractivity contribution is 0.0745. The van der Waals surface area contributed by atoms with Gasteiger partial charge in [-0.2, -0.15) is 0 Å². The molecule has 0 aliphatic rings. The lowest BCUT2D eigenvalue weighted by Crippen LogP contribution is -2.28. The Bertz CT molecular complexity index is 367. The van der Waals surface area contributed by atoms with Gasteiger partial charge in [0.05, 0.1) is 12.7 Å². The second kappa shape index (κ2) is 6.85. The molecule has 0 atom stereocenters. The van der Waals surface area contributed by atoms with Gasteiger partial charge in [0.25, 0.3) is 5.91 Å². The van der Waals surface area contributed by atoms with E-state index in [1.807, 2.05) is 13.8 Å². The van der Waals surface area contributed by atoms with E-state index < -0.39 is 0 Å². The average Bonchev–Trinajstić information content (AvgIpc) is 2.34. The molecule has 1 heterocycles. The minimum Gasteiger partial charge on any atom is -0.388 e. The molecule has 1 aromatic heterocycles. The van der Waals surface area contributed by atoms with Gasteiger partial charge in [0.2, 0.25) is 0 Å². The van der Waals surface area contributed by atoms with Crippen LogP contribution in [-0.4, -0.2) is 37.2 Å². The third kappa shape index (κ3) is 4.82. The summed E-state index contributed by atoms with van der Waals surface area (Å²) in [6.45, 7) is 4.91. The second-order valence-electron chi connectivity index (χ2n) is 3.86. The van der Waals surface area contributed by atoms with E-state index in [1.165, 1.54) is 0 Å². The SMILES string of the molecule is CNc1ccnc(C(=O)NCCOC(C)C)c1. The molecule has 0 unspecified atom stereocenters. The summed E-state index contributed by atoms with van der Waals surface area (Å²) in [6, 6.07) is 3.51. The highest BCUT2D eigenvalue weighted by atomic mass is 16.5. The Hall–Kier alpha value is -1.62. The predicted octanol–water partition coefficient (Wildman–Crippen LogP) is 1.28. The van der Waals surface area contributed by atoms with Gasteiger partial charge in [0.15, 0.2) is 0 Å². The fraction of sp³-hybridized carbons (Fsp3) is 0.500. The van der Waals surface area contributed by atoms with Gasteiger partial charge < -0.3 is 15.4 Å². The van der Waals surface area contributed by atoms with Crippen molar-refractivity contribution in [2.24, 2.45) is 0 Å². The molecule has 0 aliphatic heterocycles. The standard InChI is InChI=1S/C12H19N3O2/c1-9(2)17-7-6-15-12(16)11-8-10(13-3)4-5-14-11/h4-5,8-9H,6-7H2,1-3H3,(H,13,14)(H,15,16). The van der Waals surface area contributed by atoms with Gasteiger partial charge in [-0.05, 0) is 26.0 Å². The highest BCUT2D eigenvalue weighted by molar-refractivity contribution is 5.93. The van der Waals surface area contributed by atoms with Crippen LogP contribution in [0, 0.1) is 0 Å². The van der Waals surface area contributed by atoms with Crippen LogP contribution in [0.25, 0.3) is 0 Å². The molecule has 1 rings (SSSR count). The Morgan fingerprint density at radius 1 is 1.53 bits per heavy atom. The van der Waals surface area contributed by atoms with E-state index in [9.17, 15) is 4.79 Å². The normalized spacial score (nSPS) is 10.4. The van der Waals surface area contributed by atoms with E-state index >= 15 is 0 Å². The van der Waals surface area contributed by atoms with Crippen molar-refractivity contribution >= 4 is 11.6 Å². The van der Waals surface area contributed by atoms with Crippen LogP contribution in [0.5, 0.6) is 0 Å². The van der Waals surface area contributed by atoms with Crippen LogP contribution in [0.4, 0.5) is 5.69 Å². The van der Waals surface area contributed by atoms with Crippen molar-refractivity contribution in [1.82, 2.24) is 10.3 Å². The summed E-state index contributed by atoms with van der Waals surface area (Å²) in [5, 5.41) is 5.71. The van der Waals surface area contributed by atoms with Gasteiger partial charge in [0, 0.05) is 25.5 Å². The molecule has 0 bridgehead atoms. The number of rotatable bonds is 6. The number of carbonyl (C=O) groups excluding carboxylic acids is 1. The molecular weight excluding hydrogens is 218 g/mol. The fourth-order valence-electron chi connectivity index (χ4n) is 1.26. The summed E-state index contributed by atoms with van der Waals surface area (Å²) < 4.78 is 5.33. The van der Waals surface area contributed by atoms with Gasteiger partial charge in [-0.15, -0.1) is 0 Å². The number of carbonyl (C=O) groups is 1. The zero-order valence-corrected chi connectivity index (χ0v) is 10.5. The number of hydrogen-bond donors (Lipinski definition) is 2. The van der Waals surface area contributed by atoms with Crippen LogP contribution in [-0.2, 0) is 4.74 Å². The predicted molar refractivity (Wildman–Crippen MR) is 67.2 cm³/mol. The minimum absolute atomic E-state index is 0.178. The maximum Gasteiger partial charge on any atom is 0.270 e. The Labute approximate surface area is 102 Å². The van der Waals surface area contributed by atoms with E-state index in [1.54, 1.807) is 25.4 Å². The number of hydrogen-bond acceptors (Lipinski definition) is 4. The van der Waals surface area contributed by atoms with Gasteiger partial charge >= 0.3 is 0 Å². The quantitative estimate of drug-likeness (QED) is 0.732. The van der Waals surface area contributed by atoms with Crippen molar-refractivity contribution in [3.05, 3.63) is 24.0 Å². The topological polar surface area (TPSA) is 63.2 Å². The summed E-state index contributed by atoms with van der Waals surface area (Å²) in [5.41, 5.74) is 1.27. The molecule has 94 valence electrons. The maximum absolute atomic E-state index is 11.7. The van der Waals surface area contributed by atoms with Crippen molar-refractivity contribution in [1.29, 1.82) is 0 Å². The average molecular weight is 237 g/mol. The van der Waals surface area contributed by atoms with Crippen molar-refractivity contribution in [2.45, 2.75) is 20.0 Å². The first kappa shape index (κ1) is 13.4. The monoisotopic (exact) mass is 237 g/mol. The minimum atomic E-state index is -0.186. The Morgan fingerprint density at radius 2 is 2.29 bits per heavy atom.